The van der Waals surface area contributed by atoms with Crippen LogP contribution in [0.3, 0.4) is 0 Å². The minimum atomic E-state index is -0.853. The van der Waals surface area contributed by atoms with E-state index in [0.717, 1.165) is 24.4 Å². The highest BCUT2D eigenvalue weighted by molar-refractivity contribution is 5.95. The highest BCUT2D eigenvalue weighted by Crippen LogP contribution is 2.31. The van der Waals surface area contributed by atoms with Gasteiger partial charge in [0.2, 0.25) is 0 Å². The molecule has 0 aliphatic rings. The summed E-state index contributed by atoms with van der Waals surface area (Å²) in [5, 5.41) is 43.9. The van der Waals surface area contributed by atoms with Gasteiger partial charge in [-0.15, -0.1) is 0 Å². The molecule has 0 aromatic heterocycles. The SMILES string of the molecule is O=C(N/N=C/c1cc([N+](=O)[O-])c(O)cc1O)c1cccc([N+](=O)[O-])c1. The van der Waals surface area contributed by atoms with Crippen LogP contribution in [0.2, 0.25) is 0 Å². The largest absolute Gasteiger partial charge is 0.507 e. The van der Waals surface area contributed by atoms with Gasteiger partial charge >= 0.3 is 5.69 Å². The van der Waals surface area contributed by atoms with Crippen molar-refractivity contribution in [2.24, 2.45) is 5.10 Å². The van der Waals surface area contributed by atoms with Crippen LogP contribution in [-0.2, 0) is 0 Å². The minimum absolute atomic E-state index is 0.0211. The summed E-state index contributed by atoms with van der Waals surface area (Å²) in [4.78, 5) is 31.8. The van der Waals surface area contributed by atoms with Gasteiger partial charge in [-0.2, -0.15) is 5.10 Å². The molecule has 0 unspecified atom stereocenters. The lowest BCUT2D eigenvalue weighted by Crippen LogP contribution is -2.17. The fraction of sp³-hybridized carbons (Fsp3) is 0. The average molecular weight is 346 g/mol. The highest BCUT2D eigenvalue weighted by Gasteiger charge is 2.17. The summed E-state index contributed by atoms with van der Waals surface area (Å²) < 4.78 is 0. The van der Waals surface area contributed by atoms with E-state index >= 15 is 0 Å². The molecule has 0 heterocycles. The molecule has 0 atom stereocenters. The number of non-ortho nitro benzene ring substituents is 1. The second-order valence-electron chi connectivity index (χ2n) is 4.66. The first-order valence-electron chi connectivity index (χ1n) is 6.58. The monoisotopic (exact) mass is 346 g/mol. The molecule has 1 amide bonds. The summed E-state index contributed by atoms with van der Waals surface area (Å²) >= 11 is 0. The van der Waals surface area contributed by atoms with E-state index in [-0.39, 0.29) is 16.8 Å². The molecular formula is C14H10N4O7. The van der Waals surface area contributed by atoms with Crippen molar-refractivity contribution in [3.8, 4) is 11.5 Å². The summed E-state index contributed by atoms with van der Waals surface area (Å²) in [7, 11) is 0. The molecule has 0 aliphatic carbocycles. The topological polar surface area (TPSA) is 168 Å². The maximum Gasteiger partial charge on any atom is 0.311 e. The fourth-order valence-electron chi connectivity index (χ4n) is 1.82. The minimum Gasteiger partial charge on any atom is -0.507 e. The molecule has 2 aromatic rings. The van der Waals surface area contributed by atoms with Gasteiger partial charge in [0.15, 0.2) is 5.75 Å². The van der Waals surface area contributed by atoms with E-state index in [1.807, 2.05) is 0 Å². The third-order valence-corrected chi connectivity index (χ3v) is 3.01. The highest BCUT2D eigenvalue weighted by atomic mass is 16.6. The summed E-state index contributed by atoms with van der Waals surface area (Å²) in [6, 6.07) is 6.56. The summed E-state index contributed by atoms with van der Waals surface area (Å²) in [6.07, 6.45) is 0.928. The second-order valence-corrected chi connectivity index (χ2v) is 4.66. The van der Waals surface area contributed by atoms with E-state index < -0.39 is 32.9 Å². The number of phenolic OH excluding ortho intramolecular Hbond substituents is 2. The van der Waals surface area contributed by atoms with E-state index in [1.165, 1.54) is 18.2 Å². The third kappa shape index (κ3) is 4.04. The average Bonchev–Trinajstić information content (AvgIpc) is 2.56. The van der Waals surface area contributed by atoms with Gasteiger partial charge in [-0.3, -0.25) is 25.0 Å². The Bertz CT molecular complexity index is 895. The first-order valence-corrected chi connectivity index (χ1v) is 6.58. The van der Waals surface area contributed by atoms with Crippen LogP contribution in [0.4, 0.5) is 11.4 Å². The number of nitrogens with one attached hydrogen (secondary N) is 1. The van der Waals surface area contributed by atoms with E-state index in [4.69, 9.17) is 0 Å². The lowest BCUT2D eigenvalue weighted by atomic mass is 10.2. The third-order valence-electron chi connectivity index (χ3n) is 3.01. The number of nitro groups is 2. The maximum absolute atomic E-state index is 11.9. The number of rotatable bonds is 5. The molecule has 11 nitrogen and oxygen atoms in total. The Morgan fingerprint density at radius 3 is 2.44 bits per heavy atom. The molecule has 0 fully saturated rings. The smallest absolute Gasteiger partial charge is 0.311 e. The first kappa shape index (κ1) is 17.3. The molecule has 0 saturated carbocycles. The number of phenols is 2. The molecule has 128 valence electrons. The predicted octanol–water partition coefficient (Wildman–Crippen LogP) is 1.68. The Balaban J connectivity index is 2.17. The Hall–Kier alpha value is -4.02. The number of carbonyl (C=O) groups is 1. The molecule has 0 bridgehead atoms. The van der Waals surface area contributed by atoms with E-state index in [9.17, 15) is 35.2 Å². The molecule has 25 heavy (non-hydrogen) atoms. The van der Waals surface area contributed by atoms with Crippen molar-refractivity contribution in [1.82, 2.24) is 5.43 Å². The van der Waals surface area contributed by atoms with Crippen LogP contribution in [0.1, 0.15) is 15.9 Å². The number of aromatic hydroxyl groups is 2. The van der Waals surface area contributed by atoms with Crippen LogP contribution < -0.4 is 5.43 Å². The van der Waals surface area contributed by atoms with Crippen LogP contribution in [0.15, 0.2) is 41.5 Å². The van der Waals surface area contributed by atoms with Gasteiger partial charge in [0, 0.05) is 35.4 Å². The number of hydrazone groups is 1. The van der Waals surface area contributed by atoms with Crippen LogP contribution >= 0.6 is 0 Å². The fourth-order valence-corrected chi connectivity index (χ4v) is 1.82. The van der Waals surface area contributed by atoms with E-state index in [0.29, 0.717) is 0 Å². The van der Waals surface area contributed by atoms with Gasteiger partial charge in [0.05, 0.1) is 16.1 Å². The molecule has 0 radical (unpaired) electrons. The summed E-state index contributed by atoms with van der Waals surface area (Å²) in [6.45, 7) is 0. The lowest BCUT2D eigenvalue weighted by Gasteiger charge is -2.02. The quantitative estimate of drug-likeness (QED) is 0.420. The van der Waals surface area contributed by atoms with Gasteiger partial charge in [-0.05, 0) is 6.07 Å². The van der Waals surface area contributed by atoms with Gasteiger partial charge < -0.3 is 10.2 Å². The van der Waals surface area contributed by atoms with Crippen LogP contribution in [0.25, 0.3) is 0 Å². The number of amides is 1. The zero-order valence-electron chi connectivity index (χ0n) is 12.3. The Labute approximate surface area is 139 Å². The molecule has 3 N–H and O–H groups in total. The Morgan fingerprint density at radius 1 is 1.08 bits per heavy atom. The van der Waals surface area contributed by atoms with Gasteiger partial charge in [0.25, 0.3) is 11.6 Å². The Morgan fingerprint density at radius 2 is 1.80 bits per heavy atom. The van der Waals surface area contributed by atoms with Crippen molar-refractivity contribution in [1.29, 1.82) is 0 Å². The summed E-state index contributed by atoms with van der Waals surface area (Å²) in [5.74, 6) is -1.97. The van der Waals surface area contributed by atoms with E-state index in [2.05, 4.69) is 10.5 Å². The molecule has 11 heteroatoms. The van der Waals surface area contributed by atoms with Crippen molar-refractivity contribution in [3.63, 3.8) is 0 Å². The van der Waals surface area contributed by atoms with Crippen molar-refractivity contribution in [3.05, 3.63) is 67.8 Å². The normalized spacial score (nSPS) is 10.6. The molecular weight excluding hydrogens is 336 g/mol. The summed E-state index contributed by atoms with van der Waals surface area (Å²) in [5.41, 5.74) is 1.00. The van der Waals surface area contributed by atoms with Crippen LogP contribution in [0.5, 0.6) is 11.5 Å². The molecule has 2 rings (SSSR count). The van der Waals surface area contributed by atoms with Crippen molar-refractivity contribution < 1.29 is 24.9 Å². The number of hydrogen-bond donors (Lipinski definition) is 3. The standard InChI is InChI=1S/C14H10N4O7/c19-12-6-13(20)11(18(24)25)5-9(12)7-15-16-14(21)8-2-1-3-10(4-8)17(22)23/h1-7,19-20H,(H,16,21)/b15-7+. The number of nitro benzene ring substituents is 2. The first-order chi connectivity index (χ1) is 11.8. The van der Waals surface area contributed by atoms with Crippen molar-refractivity contribution in [2.75, 3.05) is 0 Å². The molecule has 0 saturated heterocycles. The molecule has 0 spiro atoms. The zero-order chi connectivity index (χ0) is 18.6. The number of nitrogens with zero attached hydrogens (tertiary/aromatic N) is 3. The van der Waals surface area contributed by atoms with Crippen molar-refractivity contribution >= 4 is 23.5 Å². The van der Waals surface area contributed by atoms with Gasteiger partial charge in [0.1, 0.15) is 5.75 Å². The number of benzene rings is 2. The predicted molar refractivity (Wildman–Crippen MR) is 84.6 cm³/mol. The lowest BCUT2D eigenvalue weighted by molar-refractivity contribution is -0.385. The zero-order valence-corrected chi connectivity index (χ0v) is 12.3. The van der Waals surface area contributed by atoms with Gasteiger partial charge in [-0.25, -0.2) is 5.43 Å². The number of carbonyl (C=O) groups excluding carboxylic acids is 1. The molecule has 0 aliphatic heterocycles. The molecule has 2 aromatic carbocycles. The van der Waals surface area contributed by atoms with Gasteiger partial charge in [-0.1, -0.05) is 6.07 Å². The second kappa shape index (κ2) is 7.04. The Kier molecular flexibility index (Phi) is 4.88. The maximum atomic E-state index is 11.9. The van der Waals surface area contributed by atoms with Crippen LogP contribution in [-0.4, -0.2) is 32.2 Å². The van der Waals surface area contributed by atoms with Crippen LogP contribution in [0, 0.1) is 20.2 Å². The number of hydrogen-bond acceptors (Lipinski definition) is 8. The van der Waals surface area contributed by atoms with E-state index in [1.54, 1.807) is 0 Å². The van der Waals surface area contributed by atoms with Crippen molar-refractivity contribution in [2.45, 2.75) is 0 Å².